The smallest absolute Gasteiger partial charge is 0.144 e. The van der Waals surface area contributed by atoms with E-state index in [1.165, 1.54) is 11.1 Å². The van der Waals surface area contributed by atoms with Gasteiger partial charge in [-0.2, -0.15) is 0 Å². The van der Waals surface area contributed by atoms with E-state index in [0.29, 0.717) is 10.9 Å². The van der Waals surface area contributed by atoms with Crippen molar-refractivity contribution in [3.8, 4) is 0 Å². The van der Waals surface area contributed by atoms with Crippen molar-refractivity contribution in [3.05, 3.63) is 57.2 Å². The zero-order valence-electron chi connectivity index (χ0n) is 9.66. The molecular formula is C14H12BrClN2. The van der Waals surface area contributed by atoms with Crippen molar-refractivity contribution >= 4 is 33.3 Å². The highest BCUT2D eigenvalue weighted by atomic mass is 79.9. The van der Waals surface area contributed by atoms with Crippen molar-refractivity contribution in [2.45, 2.75) is 12.3 Å². The van der Waals surface area contributed by atoms with Crippen molar-refractivity contribution in [2.75, 3.05) is 11.9 Å². The van der Waals surface area contributed by atoms with Gasteiger partial charge in [-0.05, 0) is 39.5 Å². The molecule has 1 unspecified atom stereocenters. The van der Waals surface area contributed by atoms with Crippen molar-refractivity contribution in [3.63, 3.8) is 0 Å². The van der Waals surface area contributed by atoms with E-state index in [1.807, 2.05) is 6.07 Å². The molecule has 0 saturated heterocycles. The van der Waals surface area contributed by atoms with E-state index >= 15 is 0 Å². The SMILES string of the molecule is Clc1cc(Br)cnc1NCC1Cc2ccccc21. The number of fused-ring (bicyclic) bond motifs is 1. The third-order valence-corrected chi connectivity index (χ3v) is 4.01. The number of pyridine rings is 1. The van der Waals surface area contributed by atoms with E-state index in [-0.39, 0.29) is 0 Å². The Balaban J connectivity index is 1.66. The molecule has 1 heterocycles. The van der Waals surface area contributed by atoms with E-state index in [2.05, 4.69) is 50.5 Å². The molecule has 1 aromatic carbocycles. The van der Waals surface area contributed by atoms with E-state index in [1.54, 1.807) is 6.20 Å². The highest BCUT2D eigenvalue weighted by molar-refractivity contribution is 9.10. The summed E-state index contributed by atoms with van der Waals surface area (Å²) in [5.41, 5.74) is 2.90. The molecule has 0 amide bonds. The summed E-state index contributed by atoms with van der Waals surface area (Å²) in [5, 5.41) is 3.97. The van der Waals surface area contributed by atoms with Gasteiger partial charge in [-0.25, -0.2) is 4.98 Å². The average Bonchev–Trinajstić information content (AvgIpc) is 2.33. The number of hydrogen-bond acceptors (Lipinski definition) is 2. The van der Waals surface area contributed by atoms with Crippen LogP contribution in [0.2, 0.25) is 5.02 Å². The summed E-state index contributed by atoms with van der Waals surface area (Å²) in [6.45, 7) is 0.880. The Morgan fingerprint density at radius 1 is 1.39 bits per heavy atom. The largest absolute Gasteiger partial charge is 0.368 e. The number of rotatable bonds is 3. The summed E-state index contributed by atoms with van der Waals surface area (Å²) < 4.78 is 0.895. The van der Waals surface area contributed by atoms with Gasteiger partial charge in [0, 0.05) is 23.1 Å². The van der Waals surface area contributed by atoms with Gasteiger partial charge in [0.05, 0.1) is 5.02 Å². The molecule has 0 radical (unpaired) electrons. The molecule has 1 aromatic heterocycles. The quantitative estimate of drug-likeness (QED) is 0.913. The first-order valence-electron chi connectivity index (χ1n) is 5.87. The Labute approximate surface area is 120 Å². The minimum Gasteiger partial charge on any atom is -0.368 e. The molecule has 18 heavy (non-hydrogen) atoms. The second-order valence-electron chi connectivity index (χ2n) is 4.46. The van der Waals surface area contributed by atoms with Crippen LogP contribution in [0.3, 0.4) is 0 Å². The lowest BCUT2D eigenvalue weighted by Crippen LogP contribution is -2.24. The summed E-state index contributed by atoms with van der Waals surface area (Å²) in [4.78, 5) is 4.27. The Morgan fingerprint density at radius 2 is 2.22 bits per heavy atom. The second-order valence-corrected chi connectivity index (χ2v) is 5.79. The molecule has 1 aliphatic carbocycles. The van der Waals surface area contributed by atoms with Gasteiger partial charge >= 0.3 is 0 Å². The molecule has 1 aliphatic rings. The van der Waals surface area contributed by atoms with Crippen LogP contribution < -0.4 is 5.32 Å². The molecule has 2 nitrogen and oxygen atoms in total. The highest BCUT2D eigenvalue weighted by Crippen LogP contribution is 2.35. The molecule has 1 atom stereocenters. The van der Waals surface area contributed by atoms with Crippen LogP contribution in [-0.4, -0.2) is 11.5 Å². The van der Waals surface area contributed by atoms with Gasteiger partial charge in [0.1, 0.15) is 5.82 Å². The van der Waals surface area contributed by atoms with Crippen molar-refractivity contribution in [1.29, 1.82) is 0 Å². The minimum absolute atomic E-state index is 0.572. The molecule has 0 spiro atoms. The first kappa shape index (κ1) is 12.0. The van der Waals surface area contributed by atoms with Crippen LogP contribution >= 0.6 is 27.5 Å². The van der Waals surface area contributed by atoms with Gasteiger partial charge in [-0.15, -0.1) is 0 Å². The van der Waals surface area contributed by atoms with Crippen LogP contribution in [0.25, 0.3) is 0 Å². The average molecular weight is 324 g/mol. The van der Waals surface area contributed by atoms with Crippen LogP contribution in [-0.2, 0) is 6.42 Å². The summed E-state index contributed by atoms with van der Waals surface area (Å²) in [5.74, 6) is 1.33. The van der Waals surface area contributed by atoms with E-state index < -0.39 is 0 Å². The van der Waals surface area contributed by atoms with Crippen LogP contribution in [0.5, 0.6) is 0 Å². The molecule has 0 aliphatic heterocycles. The molecular weight excluding hydrogens is 312 g/mol. The fraction of sp³-hybridized carbons (Fsp3) is 0.214. The summed E-state index contributed by atoms with van der Waals surface area (Å²) in [6, 6.07) is 10.4. The van der Waals surface area contributed by atoms with E-state index in [0.717, 1.165) is 23.3 Å². The predicted octanol–water partition coefficient (Wildman–Crippen LogP) is 4.25. The summed E-state index contributed by atoms with van der Waals surface area (Å²) in [6.07, 6.45) is 2.89. The third kappa shape index (κ3) is 2.25. The van der Waals surface area contributed by atoms with Crippen LogP contribution in [0, 0.1) is 0 Å². The van der Waals surface area contributed by atoms with Gasteiger partial charge < -0.3 is 5.32 Å². The van der Waals surface area contributed by atoms with Crippen LogP contribution in [0.4, 0.5) is 5.82 Å². The van der Waals surface area contributed by atoms with E-state index in [4.69, 9.17) is 11.6 Å². The lowest BCUT2D eigenvalue weighted by molar-refractivity contribution is 0.634. The predicted molar refractivity (Wildman–Crippen MR) is 78.3 cm³/mol. The molecule has 0 fully saturated rings. The number of benzene rings is 1. The third-order valence-electron chi connectivity index (χ3n) is 3.28. The first-order valence-corrected chi connectivity index (χ1v) is 7.04. The van der Waals surface area contributed by atoms with Crippen LogP contribution in [0.15, 0.2) is 41.0 Å². The van der Waals surface area contributed by atoms with Gasteiger partial charge in [0.2, 0.25) is 0 Å². The zero-order valence-corrected chi connectivity index (χ0v) is 12.0. The Kier molecular flexibility index (Phi) is 3.27. The maximum Gasteiger partial charge on any atom is 0.144 e. The normalized spacial score (nSPS) is 16.9. The number of halogens is 2. The zero-order chi connectivity index (χ0) is 12.5. The molecule has 0 bridgehead atoms. The second kappa shape index (κ2) is 4.90. The van der Waals surface area contributed by atoms with Gasteiger partial charge in [0.25, 0.3) is 0 Å². The topological polar surface area (TPSA) is 24.9 Å². The monoisotopic (exact) mass is 322 g/mol. The minimum atomic E-state index is 0.572. The Hall–Kier alpha value is -1.06. The lowest BCUT2D eigenvalue weighted by atomic mass is 9.77. The lowest BCUT2D eigenvalue weighted by Gasteiger charge is -2.30. The molecule has 2 aromatic rings. The number of nitrogens with zero attached hydrogens (tertiary/aromatic N) is 1. The standard InChI is InChI=1S/C14H12BrClN2/c15-11-6-13(16)14(18-8-11)17-7-10-5-9-3-1-2-4-12(9)10/h1-4,6,8,10H,5,7H2,(H,17,18). The van der Waals surface area contributed by atoms with Gasteiger partial charge in [-0.1, -0.05) is 35.9 Å². The van der Waals surface area contributed by atoms with Gasteiger partial charge in [0.15, 0.2) is 0 Å². The number of anilines is 1. The van der Waals surface area contributed by atoms with Gasteiger partial charge in [-0.3, -0.25) is 0 Å². The molecule has 1 N–H and O–H groups in total. The molecule has 3 rings (SSSR count). The molecule has 92 valence electrons. The van der Waals surface area contributed by atoms with Crippen LogP contribution in [0.1, 0.15) is 17.0 Å². The first-order chi connectivity index (χ1) is 8.74. The number of aromatic nitrogens is 1. The summed E-state index contributed by atoms with van der Waals surface area (Å²) in [7, 11) is 0. The summed E-state index contributed by atoms with van der Waals surface area (Å²) >= 11 is 9.47. The Bertz CT molecular complexity index is 586. The number of nitrogens with one attached hydrogen (secondary N) is 1. The fourth-order valence-electron chi connectivity index (χ4n) is 2.31. The maximum atomic E-state index is 6.12. The molecule has 0 saturated carbocycles. The van der Waals surface area contributed by atoms with Crippen molar-refractivity contribution < 1.29 is 0 Å². The Morgan fingerprint density at radius 3 is 3.00 bits per heavy atom. The highest BCUT2D eigenvalue weighted by Gasteiger charge is 2.25. The molecule has 4 heteroatoms. The number of hydrogen-bond donors (Lipinski definition) is 1. The van der Waals surface area contributed by atoms with Crippen molar-refractivity contribution in [1.82, 2.24) is 4.98 Å². The fourth-order valence-corrected chi connectivity index (χ4v) is 3.01. The van der Waals surface area contributed by atoms with Crippen molar-refractivity contribution in [2.24, 2.45) is 0 Å². The van der Waals surface area contributed by atoms with E-state index in [9.17, 15) is 0 Å². The maximum absolute atomic E-state index is 6.12.